The maximum atomic E-state index is 5.63. The van der Waals surface area contributed by atoms with E-state index >= 15 is 0 Å². The van der Waals surface area contributed by atoms with Gasteiger partial charge in [-0.15, -0.1) is 0 Å². The van der Waals surface area contributed by atoms with Crippen LogP contribution in [-0.2, 0) is 0 Å². The molecule has 24 heavy (non-hydrogen) atoms. The van der Waals surface area contributed by atoms with Gasteiger partial charge in [0.1, 0.15) is 5.75 Å². The number of para-hydroxylation sites is 1. The van der Waals surface area contributed by atoms with E-state index in [2.05, 4.69) is 38.7 Å². The normalized spacial score (nSPS) is 20.1. The number of hydrogen-bond donors (Lipinski definition) is 1. The fourth-order valence-electron chi connectivity index (χ4n) is 2.93. The summed E-state index contributed by atoms with van der Waals surface area (Å²) < 4.78 is 4.91. The summed E-state index contributed by atoms with van der Waals surface area (Å²) >= 11 is 0. The monoisotopic (exact) mass is 327 g/mol. The molecule has 1 aromatic carbocycles. The third-order valence-corrected chi connectivity index (χ3v) is 4.50. The number of hydrogen-bond acceptors (Lipinski definition) is 2. The molecule has 2 rings (SSSR count). The lowest BCUT2D eigenvalue weighted by Gasteiger charge is -2.28. The van der Waals surface area contributed by atoms with Gasteiger partial charge in [0.2, 0.25) is 0 Å². The molecule has 2 atom stereocenters. The minimum atomic E-state index is 0.746. The largest absolute Gasteiger partial charge is 0.497 e. The Kier molecular flexibility index (Phi) is 9.86. The third-order valence-electron chi connectivity index (χ3n) is 4.50. The van der Waals surface area contributed by atoms with Crippen LogP contribution in [0.15, 0.2) is 66.3 Å². The zero-order valence-corrected chi connectivity index (χ0v) is 15.5. The van der Waals surface area contributed by atoms with Crippen LogP contribution in [0.2, 0.25) is 0 Å². The van der Waals surface area contributed by atoms with Gasteiger partial charge >= 0.3 is 0 Å². The van der Waals surface area contributed by atoms with Crippen LogP contribution in [0.25, 0.3) is 0 Å². The molecule has 0 aliphatic heterocycles. The van der Waals surface area contributed by atoms with Gasteiger partial charge in [-0.1, -0.05) is 56.9 Å². The number of nitrogens with two attached hydrogens (primary N) is 1. The predicted molar refractivity (Wildman–Crippen MR) is 105 cm³/mol. The van der Waals surface area contributed by atoms with Crippen molar-refractivity contribution in [1.82, 2.24) is 0 Å². The first-order valence-corrected chi connectivity index (χ1v) is 8.96. The van der Waals surface area contributed by atoms with Gasteiger partial charge in [-0.2, -0.15) is 0 Å². The molecule has 0 bridgehead atoms. The molecule has 0 spiro atoms. The van der Waals surface area contributed by atoms with E-state index in [9.17, 15) is 0 Å². The highest BCUT2D eigenvalue weighted by atomic mass is 16.5. The summed E-state index contributed by atoms with van der Waals surface area (Å²) in [6.45, 7) is 9.45. The van der Waals surface area contributed by atoms with E-state index in [1.807, 2.05) is 30.3 Å². The molecule has 1 aliphatic rings. The summed E-state index contributed by atoms with van der Waals surface area (Å²) in [7, 11) is 1.66. The van der Waals surface area contributed by atoms with Crippen molar-refractivity contribution in [2.24, 2.45) is 17.6 Å². The maximum absolute atomic E-state index is 5.63. The molecule has 0 saturated heterocycles. The Balaban J connectivity index is 0.000000300. The molecule has 2 N–H and O–H groups in total. The summed E-state index contributed by atoms with van der Waals surface area (Å²) in [5, 5.41) is 0. The molecular weight excluding hydrogens is 294 g/mol. The summed E-state index contributed by atoms with van der Waals surface area (Å²) in [5.41, 5.74) is 8.26. The first-order chi connectivity index (χ1) is 11.6. The molecule has 2 unspecified atom stereocenters. The van der Waals surface area contributed by atoms with Crippen LogP contribution in [0.1, 0.15) is 39.5 Å². The lowest BCUT2D eigenvalue weighted by atomic mass is 9.77. The van der Waals surface area contributed by atoms with Crippen molar-refractivity contribution in [1.29, 1.82) is 0 Å². The highest BCUT2D eigenvalue weighted by Crippen LogP contribution is 2.34. The number of allylic oxidation sites excluding steroid dienone is 5. The van der Waals surface area contributed by atoms with Crippen molar-refractivity contribution in [3.8, 4) is 5.75 Å². The van der Waals surface area contributed by atoms with Crippen LogP contribution in [0.3, 0.4) is 0 Å². The van der Waals surface area contributed by atoms with Gasteiger partial charge in [-0.05, 0) is 67.3 Å². The average molecular weight is 328 g/mol. The summed E-state index contributed by atoms with van der Waals surface area (Å²) in [5.74, 6) is 2.43. The second-order valence-corrected chi connectivity index (χ2v) is 6.34. The van der Waals surface area contributed by atoms with E-state index in [0.29, 0.717) is 0 Å². The van der Waals surface area contributed by atoms with E-state index in [0.717, 1.165) is 43.4 Å². The number of ether oxygens (including phenoxy) is 1. The van der Waals surface area contributed by atoms with Crippen LogP contribution < -0.4 is 10.5 Å². The Hall–Kier alpha value is -1.80. The Labute approximate surface area is 148 Å². The zero-order chi connectivity index (χ0) is 17.8. The zero-order valence-electron chi connectivity index (χ0n) is 15.5. The van der Waals surface area contributed by atoms with Crippen molar-refractivity contribution in [3.63, 3.8) is 0 Å². The fraction of sp³-hybridized carbons (Fsp3) is 0.455. The molecule has 132 valence electrons. The van der Waals surface area contributed by atoms with Gasteiger partial charge in [-0.25, -0.2) is 0 Å². The molecule has 0 radical (unpaired) electrons. The lowest BCUT2D eigenvalue weighted by molar-refractivity contribution is 0.326. The number of methoxy groups -OCH3 is 1. The highest BCUT2D eigenvalue weighted by molar-refractivity contribution is 5.38. The minimum absolute atomic E-state index is 0.746. The first-order valence-electron chi connectivity index (χ1n) is 8.96. The van der Waals surface area contributed by atoms with E-state index in [1.165, 1.54) is 17.6 Å². The van der Waals surface area contributed by atoms with Crippen LogP contribution in [-0.4, -0.2) is 13.7 Å². The molecule has 1 aromatic rings. The Morgan fingerprint density at radius 1 is 1.33 bits per heavy atom. The Morgan fingerprint density at radius 2 is 2.04 bits per heavy atom. The van der Waals surface area contributed by atoms with Crippen LogP contribution in [0.4, 0.5) is 0 Å². The van der Waals surface area contributed by atoms with E-state index in [4.69, 9.17) is 10.5 Å². The van der Waals surface area contributed by atoms with Crippen molar-refractivity contribution in [3.05, 3.63) is 66.3 Å². The van der Waals surface area contributed by atoms with Crippen molar-refractivity contribution < 1.29 is 4.74 Å². The number of rotatable bonds is 6. The average Bonchev–Trinajstić information content (AvgIpc) is 2.62. The summed E-state index contributed by atoms with van der Waals surface area (Å²) in [4.78, 5) is 0. The summed E-state index contributed by atoms with van der Waals surface area (Å²) in [6, 6.07) is 9.68. The SMILES string of the molecule is C=C(/C=C\CC)C1=CCC(CCN)C(C)C1.COc1ccccc1. The van der Waals surface area contributed by atoms with Gasteiger partial charge in [-0.3, -0.25) is 0 Å². The van der Waals surface area contributed by atoms with Crippen molar-refractivity contribution >= 4 is 0 Å². The maximum Gasteiger partial charge on any atom is 0.118 e. The van der Waals surface area contributed by atoms with Gasteiger partial charge in [0.15, 0.2) is 0 Å². The molecule has 0 aromatic heterocycles. The Bertz CT molecular complexity index is 530. The first kappa shape index (κ1) is 20.2. The second-order valence-electron chi connectivity index (χ2n) is 6.34. The Morgan fingerprint density at radius 3 is 2.54 bits per heavy atom. The lowest BCUT2D eigenvalue weighted by Crippen LogP contribution is -2.19. The number of benzene rings is 1. The van der Waals surface area contributed by atoms with Gasteiger partial charge in [0.05, 0.1) is 7.11 Å². The molecule has 0 amide bonds. The molecule has 2 nitrogen and oxygen atoms in total. The quantitative estimate of drug-likeness (QED) is 0.698. The highest BCUT2D eigenvalue weighted by Gasteiger charge is 2.21. The molecule has 0 saturated carbocycles. The van der Waals surface area contributed by atoms with Crippen molar-refractivity contribution in [2.45, 2.75) is 39.5 Å². The van der Waals surface area contributed by atoms with Gasteiger partial charge in [0, 0.05) is 0 Å². The smallest absolute Gasteiger partial charge is 0.118 e. The topological polar surface area (TPSA) is 35.2 Å². The van der Waals surface area contributed by atoms with Crippen LogP contribution in [0.5, 0.6) is 5.75 Å². The van der Waals surface area contributed by atoms with E-state index in [-0.39, 0.29) is 0 Å². The van der Waals surface area contributed by atoms with Gasteiger partial charge in [0.25, 0.3) is 0 Å². The van der Waals surface area contributed by atoms with Crippen LogP contribution in [0, 0.1) is 11.8 Å². The van der Waals surface area contributed by atoms with E-state index < -0.39 is 0 Å². The third kappa shape index (κ3) is 7.18. The standard InChI is InChI=1S/C15H25N.C7H8O/c1-4-5-6-12(2)15-8-7-14(9-10-16)13(3)11-15;1-8-7-5-3-2-4-6-7/h5-6,8,13-14H,2,4,7,9-11,16H2,1,3H3;2-6H,1H3/b6-5-;. The molecule has 0 fully saturated rings. The van der Waals surface area contributed by atoms with E-state index in [1.54, 1.807) is 7.11 Å². The minimum Gasteiger partial charge on any atom is -0.497 e. The fourth-order valence-corrected chi connectivity index (χ4v) is 2.93. The molecule has 0 heterocycles. The van der Waals surface area contributed by atoms with Crippen LogP contribution >= 0.6 is 0 Å². The van der Waals surface area contributed by atoms with Crippen molar-refractivity contribution in [2.75, 3.05) is 13.7 Å². The predicted octanol–water partition coefficient (Wildman–Crippen LogP) is 5.53. The second kappa shape index (κ2) is 11.7. The molecule has 2 heteroatoms. The summed E-state index contributed by atoms with van der Waals surface area (Å²) in [6.07, 6.45) is 11.3. The molecular formula is C22H33NO. The van der Waals surface area contributed by atoms with Gasteiger partial charge < -0.3 is 10.5 Å². The molecule has 1 aliphatic carbocycles.